The molecule has 2 aliphatic rings. The number of amides is 1. The third-order valence-electron chi connectivity index (χ3n) is 5.18. The van der Waals surface area contributed by atoms with E-state index in [0.29, 0.717) is 12.5 Å². The van der Waals surface area contributed by atoms with Crippen LogP contribution in [0.1, 0.15) is 36.6 Å². The molecule has 1 aromatic heterocycles. The van der Waals surface area contributed by atoms with Crippen molar-refractivity contribution < 1.29 is 9.53 Å². The highest BCUT2D eigenvalue weighted by atomic mass is 35.5. The number of rotatable bonds is 5. The standard InChI is InChI=1S/C19H25N3O2S.2ClH/c23-18(13-20-12-15-4-3-11-24-15)22-9-7-14(8-10-22)19-21-16-5-1-2-6-17(16)25-19;;/h1-2,5-6,14-15,20H,3-4,7-13H2;2*1H. The summed E-state index contributed by atoms with van der Waals surface area (Å²) in [6.07, 6.45) is 4.56. The average molecular weight is 432 g/mol. The molecule has 8 heteroatoms. The number of para-hydroxylation sites is 1. The van der Waals surface area contributed by atoms with Gasteiger partial charge in [0.1, 0.15) is 0 Å². The summed E-state index contributed by atoms with van der Waals surface area (Å²) in [7, 11) is 0. The van der Waals surface area contributed by atoms with Crippen LogP contribution in [-0.4, -0.2) is 54.7 Å². The Bertz CT molecular complexity index is 696. The van der Waals surface area contributed by atoms with E-state index in [4.69, 9.17) is 9.72 Å². The summed E-state index contributed by atoms with van der Waals surface area (Å²) < 4.78 is 6.83. The molecule has 3 heterocycles. The predicted molar refractivity (Wildman–Crippen MR) is 115 cm³/mol. The molecule has 1 unspecified atom stereocenters. The Morgan fingerprint density at radius 1 is 1.22 bits per heavy atom. The number of piperidine rings is 1. The van der Waals surface area contributed by atoms with E-state index in [9.17, 15) is 4.79 Å². The number of carbonyl (C=O) groups is 1. The second kappa shape index (κ2) is 10.6. The molecule has 2 aliphatic heterocycles. The maximum Gasteiger partial charge on any atom is 0.236 e. The zero-order valence-corrected chi connectivity index (χ0v) is 17.7. The minimum absolute atomic E-state index is 0. The number of fused-ring (bicyclic) bond motifs is 1. The van der Waals surface area contributed by atoms with Crippen molar-refractivity contribution in [1.29, 1.82) is 0 Å². The van der Waals surface area contributed by atoms with Gasteiger partial charge in [0.15, 0.2) is 0 Å². The number of aromatic nitrogens is 1. The van der Waals surface area contributed by atoms with Crippen molar-refractivity contribution in [2.45, 2.75) is 37.7 Å². The van der Waals surface area contributed by atoms with Gasteiger partial charge in [0.25, 0.3) is 0 Å². The van der Waals surface area contributed by atoms with Crippen molar-refractivity contribution >= 4 is 52.3 Å². The van der Waals surface area contributed by atoms with E-state index in [0.717, 1.165) is 57.4 Å². The van der Waals surface area contributed by atoms with Crippen molar-refractivity contribution in [3.8, 4) is 0 Å². The molecule has 1 aromatic carbocycles. The molecule has 0 spiro atoms. The van der Waals surface area contributed by atoms with Crippen molar-refractivity contribution in [3.05, 3.63) is 29.3 Å². The van der Waals surface area contributed by atoms with E-state index in [1.54, 1.807) is 11.3 Å². The van der Waals surface area contributed by atoms with E-state index in [1.807, 2.05) is 11.0 Å². The number of hydrogen-bond acceptors (Lipinski definition) is 5. The summed E-state index contributed by atoms with van der Waals surface area (Å²) in [6.45, 7) is 3.74. The number of halogens is 2. The maximum absolute atomic E-state index is 12.4. The van der Waals surface area contributed by atoms with Gasteiger partial charge in [-0.1, -0.05) is 12.1 Å². The van der Waals surface area contributed by atoms with Gasteiger partial charge in [0.05, 0.1) is 27.9 Å². The SMILES string of the molecule is Cl.Cl.O=C(CNCC1CCCO1)N1CCC(c2nc3ccccc3s2)CC1. The normalized spacial score (nSPS) is 20.3. The molecule has 1 atom stereocenters. The molecule has 0 radical (unpaired) electrons. The number of ether oxygens (including phenoxy) is 1. The molecule has 2 saturated heterocycles. The van der Waals surface area contributed by atoms with Gasteiger partial charge >= 0.3 is 0 Å². The summed E-state index contributed by atoms with van der Waals surface area (Å²) in [5.74, 6) is 0.696. The molecule has 2 fully saturated rings. The lowest BCUT2D eigenvalue weighted by Gasteiger charge is -2.31. The summed E-state index contributed by atoms with van der Waals surface area (Å²) in [5.41, 5.74) is 1.10. The van der Waals surface area contributed by atoms with Crippen LogP contribution >= 0.6 is 36.2 Å². The molecule has 0 saturated carbocycles. The van der Waals surface area contributed by atoms with Gasteiger partial charge in [0, 0.05) is 32.2 Å². The Hall–Kier alpha value is -0.920. The largest absolute Gasteiger partial charge is 0.377 e. The minimum atomic E-state index is 0. The molecular weight excluding hydrogens is 405 g/mol. The lowest BCUT2D eigenvalue weighted by Crippen LogP contribution is -2.43. The van der Waals surface area contributed by atoms with E-state index in [-0.39, 0.29) is 36.8 Å². The average Bonchev–Trinajstić information content (AvgIpc) is 3.31. The first kappa shape index (κ1) is 22.4. The number of hydrogen-bond donors (Lipinski definition) is 1. The first-order chi connectivity index (χ1) is 12.3. The first-order valence-electron chi connectivity index (χ1n) is 9.25. The minimum Gasteiger partial charge on any atom is -0.377 e. The van der Waals surface area contributed by atoms with Gasteiger partial charge in [-0.3, -0.25) is 4.79 Å². The van der Waals surface area contributed by atoms with Crippen molar-refractivity contribution in [2.75, 3.05) is 32.8 Å². The lowest BCUT2D eigenvalue weighted by molar-refractivity contribution is -0.131. The van der Waals surface area contributed by atoms with E-state index in [2.05, 4.69) is 23.5 Å². The van der Waals surface area contributed by atoms with Gasteiger partial charge < -0.3 is 15.0 Å². The highest BCUT2D eigenvalue weighted by molar-refractivity contribution is 7.18. The van der Waals surface area contributed by atoms with Crippen LogP contribution in [-0.2, 0) is 9.53 Å². The van der Waals surface area contributed by atoms with Crippen LogP contribution in [0.25, 0.3) is 10.2 Å². The number of carbonyl (C=O) groups excluding carboxylic acids is 1. The predicted octanol–water partition coefficient (Wildman–Crippen LogP) is 3.61. The maximum atomic E-state index is 12.4. The van der Waals surface area contributed by atoms with Crippen LogP contribution in [0.4, 0.5) is 0 Å². The molecule has 2 aromatic rings. The van der Waals surface area contributed by atoms with Crippen LogP contribution in [0.5, 0.6) is 0 Å². The highest BCUT2D eigenvalue weighted by Crippen LogP contribution is 2.33. The summed E-state index contributed by atoms with van der Waals surface area (Å²) in [4.78, 5) is 19.1. The Kier molecular flexibility index (Phi) is 8.76. The van der Waals surface area contributed by atoms with Gasteiger partial charge in [0.2, 0.25) is 5.91 Å². The molecule has 0 bridgehead atoms. The quantitative estimate of drug-likeness (QED) is 0.785. The molecule has 1 amide bonds. The van der Waals surface area contributed by atoms with Gasteiger partial charge in [-0.05, 0) is 37.8 Å². The number of benzene rings is 1. The van der Waals surface area contributed by atoms with E-state index >= 15 is 0 Å². The molecule has 0 aliphatic carbocycles. The molecule has 27 heavy (non-hydrogen) atoms. The second-order valence-electron chi connectivity index (χ2n) is 6.94. The van der Waals surface area contributed by atoms with E-state index in [1.165, 1.54) is 9.71 Å². The zero-order valence-electron chi connectivity index (χ0n) is 15.3. The third-order valence-corrected chi connectivity index (χ3v) is 6.38. The summed E-state index contributed by atoms with van der Waals surface area (Å²) >= 11 is 1.80. The number of likely N-dealkylation sites (tertiary alicyclic amines) is 1. The fraction of sp³-hybridized carbons (Fsp3) is 0.579. The van der Waals surface area contributed by atoms with Gasteiger partial charge in [-0.25, -0.2) is 4.98 Å². The van der Waals surface area contributed by atoms with Crippen molar-refractivity contribution in [1.82, 2.24) is 15.2 Å². The Morgan fingerprint density at radius 2 is 2.00 bits per heavy atom. The lowest BCUT2D eigenvalue weighted by atomic mass is 9.97. The summed E-state index contributed by atoms with van der Waals surface area (Å²) in [5, 5.41) is 4.49. The fourth-order valence-corrected chi connectivity index (χ4v) is 4.83. The molecular formula is C19H27Cl2N3O2S. The van der Waals surface area contributed by atoms with Crippen LogP contribution in [0.2, 0.25) is 0 Å². The summed E-state index contributed by atoms with van der Waals surface area (Å²) in [6, 6.07) is 8.31. The fourth-order valence-electron chi connectivity index (χ4n) is 3.70. The van der Waals surface area contributed by atoms with Crippen LogP contribution < -0.4 is 5.32 Å². The number of nitrogens with one attached hydrogen (secondary N) is 1. The molecule has 5 nitrogen and oxygen atoms in total. The Labute approximate surface area is 176 Å². The van der Waals surface area contributed by atoms with Crippen LogP contribution in [0.3, 0.4) is 0 Å². The topological polar surface area (TPSA) is 54.5 Å². The molecule has 1 N–H and O–H groups in total. The van der Waals surface area contributed by atoms with Crippen molar-refractivity contribution in [2.24, 2.45) is 0 Å². The van der Waals surface area contributed by atoms with Crippen LogP contribution in [0, 0.1) is 0 Å². The van der Waals surface area contributed by atoms with E-state index < -0.39 is 0 Å². The smallest absolute Gasteiger partial charge is 0.236 e. The first-order valence-corrected chi connectivity index (χ1v) is 10.1. The third kappa shape index (κ3) is 5.55. The Morgan fingerprint density at radius 3 is 2.70 bits per heavy atom. The highest BCUT2D eigenvalue weighted by Gasteiger charge is 2.26. The Balaban J connectivity index is 0.00000131. The number of nitrogens with zero attached hydrogens (tertiary/aromatic N) is 2. The monoisotopic (exact) mass is 431 g/mol. The molecule has 4 rings (SSSR count). The second-order valence-corrected chi connectivity index (χ2v) is 8.00. The van der Waals surface area contributed by atoms with Crippen LogP contribution in [0.15, 0.2) is 24.3 Å². The molecule has 150 valence electrons. The number of thiazole rings is 1. The van der Waals surface area contributed by atoms with Gasteiger partial charge in [-0.15, -0.1) is 36.2 Å². The van der Waals surface area contributed by atoms with Crippen molar-refractivity contribution in [3.63, 3.8) is 0 Å². The van der Waals surface area contributed by atoms with Gasteiger partial charge in [-0.2, -0.15) is 0 Å². The zero-order chi connectivity index (χ0) is 17.1.